The summed E-state index contributed by atoms with van der Waals surface area (Å²) in [6.45, 7) is 2.10. The van der Waals surface area contributed by atoms with Crippen LogP contribution in [0.15, 0.2) is 12.1 Å². The smallest absolute Gasteiger partial charge is 0.343 e. The number of hydrogen-bond donors (Lipinski definition) is 0. The van der Waals surface area contributed by atoms with Gasteiger partial charge in [-0.2, -0.15) is 0 Å². The van der Waals surface area contributed by atoms with Crippen LogP contribution in [0.25, 0.3) is 0 Å². The Labute approximate surface area is 202 Å². The van der Waals surface area contributed by atoms with Crippen LogP contribution in [0.1, 0.15) is 51.7 Å². The van der Waals surface area contributed by atoms with Crippen molar-refractivity contribution in [1.82, 2.24) is 4.90 Å². The van der Waals surface area contributed by atoms with E-state index in [4.69, 9.17) is 33.2 Å². The van der Waals surface area contributed by atoms with Gasteiger partial charge in [0, 0.05) is 30.2 Å². The molecule has 2 unspecified atom stereocenters. The summed E-state index contributed by atoms with van der Waals surface area (Å²) < 4.78 is 39.6. The van der Waals surface area contributed by atoms with E-state index in [1.165, 1.54) is 21.1 Å². The zero-order valence-corrected chi connectivity index (χ0v) is 20.3. The van der Waals surface area contributed by atoms with Crippen LogP contribution in [-0.2, 0) is 27.3 Å². The molecule has 3 heterocycles. The molecule has 0 spiro atoms. The molecule has 0 N–H and O–H groups in total. The number of cyclic esters (lactones) is 1. The lowest BCUT2D eigenvalue weighted by molar-refractivity contribution is -0.142. The van der Waals surface area contributed by atoms with Crippen LogP contribution in [0.4, 0.5) is 0 Å². The maximum absolute atomic E-state index is 13.1. The minimum atomic E-state index is -0.641. The molecule has 3 aliphatic rings. The van der Waals surface area contributed by atoms with Gasteiger partial charge in [0.2, 0.25) is 12.5 Å². The lowest BCUT2D eigenvalue weighted by atomic mass is 9.83. The fraction of sp³-hybridized carbons (Fsp3) is 0.440. The largest absolute Gasteiger partial charge is 0.493 e. The van der Waals surface area contributed by atoms with Crippen LogP contribution >= 0.6 is 0 Å². The van der Waals surface area contributed by atoms with Crippen LogP contribution in [0.5, 0.6) is 28.7 Å². The van der Waals surface area contributed by atoms with E-state index < -0.39 is 24.1 Å². The summed E-state index contributed by atoms with van der Waals surface area (Å²) in [5.74, 6) is 1.38. The second-order valence-corrected chi connectivity index (χ2v) is 8.52. The normalized spacial score (nSPS) is 20.1. The monoisotopic (exact) mass is 485 g/mol. The first-order valence-corrected chi connectivity index (χ1v) is 11.2. The molecule has 186 valence electrons. The number of esters is 2. The van der Waals surface area contributed by atoms with Gasteiger partial charge in [0.15, 0.2) is 23.0 Å². The van der Waals surface area contributed by atoms with Crippen molar-refractivity contribution in [3.05, 3.63) is 39.9 Å². The number of nitrogens with zero attached hydrogens (tertiary/aromatic N) is 1. The van der Waals surface area contributed by atoms with Crippen molar-refractivity contribution in [2.75, 3.05) is 41.7 Å². The van der Waals surface area contributed by atoms with E-state index in [1.807, 2.05) is 13.1 Å². The van der Waals surface area contributed by atoms with Crippen LogP contribution in [0.3, 0.4) is 0 Å². The zero-order chi connectivity index (χ0) is 24.9. The molecule has 0 aromatic heterocycles. The summed E-state index contributed by atoms with van der Waals surface area (Å²) >= 11 is 0. The van der Waals surface area contributed by atoms with Gasteiger partial charge < -0.3 is 33.2 Å². The van der Waals surface area contributed by atoms with E-state index in [1.54, 1.807) is 13.2 Å². The second kappa shape index (κ2) is 8.84. The van der Waals surface area contributed by atoms with Gasteiger partial charge in [-0.1, -0.05) is 6.07 Å². The number of carbonyl (C=O) groups excluding carboxylic acids is 2. The quantitative estimate of drug-likeness (QED) is 0.568. The Morgan fingerprint density at radius 3 is 2.51 bits per heavy atom. The molecule has 10 heteroatoms. The van der Waals surface area contributed by atoms with Crippen LogP contribution < -0.4 is 23.7 Å². The Hall–Kier alpha value is -3.66. The third-order valence-corrected chi connectivity index (χ3v) is 6.75. The van der Waals surface area contributed by atoms with E-state index in [9.17, 15) is 9.59 Å². The summed E-state index contributed by atoms with van der Waals surface area (Å²) in [5, 5.41) is 0. The highest BCUT2D eigenvalue weighted by Crippen LogP contribution is 2.57. The minimum absolute atomic E-state index is 0.0282. The highest BCUT2D eigenvalue weighted by atomic mass is 16.7. The van der Waals surface area contributed by atoms with E-state index in [-0.39, 0.29) is 13.4 Å². The molecular weight excluding hydrogens is 458 g/mol. The number of carbonyl (C=O) groups is 2. The predicted octanol–water partition coefficient (Wildman–Crippen LogP) is 2.94. The topological polar surface area (TPSA) is 102 Å². The molecule has 0 saturated carbocycles. The molecule has 0 amide bonds. The molecule has 0 bridgehead atoms. The van der Waals surface area contributed by atoms with Crippen molar-refractivity contribution in [2.45, 2.75) is 32.1 Å². The first-order chi connectivity index (χ1) is 16.9. The average Bonchev–Trinajstić information content (AvgIpc) is 3.46. The van der Waals surface area contributed by atoms with E-state index >= 15 is 0 Å². The fourth-order valence-corrected chi connectivity index (χ4v) is 5.25. The molecule has 10 nitrogen and oxygen atoms in total. The maximum atomic E-state index is 13.1. The van der Waals surface area contributed by atoms with Crippen molar-refractivity contribution in [3.8, 4) is 28.7 Å². The standard InChI is InChI=1S/C25H27NO9/c1-12(27)32-10-15-13-8-9-26(2)19(17(13)23(31-5)24-21(15)33-11-34-24)20-14-6-7-16(29-3)22(30-4)18(14)25(28)35-20/h6-7,19-20H,8-11H2,1-5H3. The number of methoxy groups -OCH3 is 3. The van der Waals surface area contributed by atoms with Crippen LogP contribution in [0, 0.1) is 0 Å². The molecule has 3 aliphatic heterocycles. The lowest BCUT2D eigenvalue weighted by Gasteiger charge is -2.39. The Balaban J connectivity index is 1.70. The SMILES string of the molecule is COc1ccc2c(c1OC)C(=O)OC2C1c2c(c(COC(C)=O)c3c(c2OC)OCO3)CCN1C. The highest BCUT2D eigenvalue weighted by Gasteiger charge is 2.47. The van der Waals surface area contributed by atoms with Gasteiger partial charge in [0.1, 0.15) is 18.3 Å². The Kier molecular flexibility index (Phi) is 5.84. The average molecular weight is 485 g/mol. The summed E-state index contributed by atoms with van der Waals surface area (Å²) in [5.41, 5.74) is 3.52. The first-order valence-electron chi connectivity index (χ1n) is 11.2. The summed E-state index contributed by atoms with van der Waals surface area (Å²) in [4.78, 5) is 26.8. The molecule has 2 aromatic rings. The molecule has 0 aliphatic carbocycles. The number of rotatable bonds is 6. The molecule has 2 aromatic carbocycles. The van der Waals surface area contributed by atoms with Gasteiger partial charge in [0.05, 0.1) is 27.4 Å². The zero-order valence-electron chi connectivity index (χ0n) is 20.3. The van der Waals surface area contributed by atoms with Gasteiger partial charge in [-0.05, 0) is 25.1 Å². The van der Waals surface area contributed by atoms with Gasteiger partial charge in [-0.25, -0.2) is 4.79 Å². The van der Waals surface area contributed by atoms with Gasteiger partial charge in [0.25, 0.3) is 0 Å². The summed E-state index contributed by atoms with van der Waals surface area (Å²) in [6.07, 6.45) is 0.0166. The third-order valence-electron chi connectivity index (χ3n) is 6.75. The summed E-state index contributed by atoms with van der Waals surface area (Å²) in [7, 11) is 6.55. The predicted molar refractivity (Wildman–Crippen MR) is 121 cm³/mol. The molecule has 0 saturated heterocycles. The molecule has 5 rings (SSSR count). The van der Waals surface area contributed by atoms with Gasteiger partial charge in [-0.3, -0.25) is 9.69 Å². The first kappa shape index (κ1) is 23.1. The lowest BCUT2D eigenvalue weighted by Crippen LogP contribution is -2.37. The number of hydrogen-bond acceptors (Lipinski definition) is 10. The molecule has 0 fully saturated rings. The molecular formula is C25H27NO9. The highest BCUT2D eigenvalue weighted by molar-refractivity contribution is 5.98. The number of ether oxygens (including phenoxy) is 7. The second-order valence-electron chi connectivity index (χ2n) is 8.52. The van der Waals surface area contributed by atoms with Crippen LogP contribution in [0.2, 0.25) is 0 Å². The van der Waals surface area contributed by atoms with E-state index in [0.29, 0.717) is 52.8 Å². The number of likely N-dealkylation sites (N-methyl/N-ethyl adjacent to an activating group) is 1. The molecule has 2 atom stereocenters. The number of benzene rings is 2. The molecule has 35 heavy (non-hydrogen) atoms. The van der Waals surface area contributed by atoms with Crippen molar-refractivity contribution in [2.24, 2.45) is 0 Å². The van der Waals surface area contributed by atoms with Crippen LogP contribution in [-0.4, -0.2) is 58.6 Å². The van der Waals surface area contributed by atoms with E-state index in [0.717, 1.165) is 16.7 Å². The Bertz CT molecular complexity index is 1210. The van der Waals surface area contributed by atoms with Crippen molar-refractivity contribution < 1.29 is 42.7 Å². The third kappa shape index (κ3) is 3.51. The van der Waals surface area contributed by atoms with Gasteiger partial charge >= 0.3 is 11.9 Å². The Morgan fingerprint density at radius 2 is 1.83 bits per heavy atom. The van der Waals surface area contributed by atoms with Crippen molar-refractivity contribution in [1.29, 1.82) is 0 Å². The Morgan fingerprint density at radius 1 is 1.09 bits per heavy atom. The van der Waals surface area contributed by atoms with Crippen molar-refractivity contribution in [3.63, 3.8) is 0 Å². The maximum Gasteiger partial charge on any atom is 0.343 e. The summed E-state index contributed by atoms with van der Waals surface area (Å²) in [6, 6.07) is 3.19. The fourth-order valence-electron chi connectivity index (χ4n) is 5.25. The minimum Gasteiger partial charge on any atom is -0.493 e. The van der Waals surface area contributed by atoms with Crippen molar-refractivity contribution >= 4 is 11.9 Å². The van der Waals surface area contributed by atoms with E-state index in [2.05, 4.69) is 4.90 Å². The van der Waals surface area contributed by atoms with Gasteiger partial charge in [-0.15, -0.1) is 0 Å². The number of fused-ring (bicyclic) bond motifs is 3. The molecule has 0 radical (unpaired) electrons.